The molecule has 0 fully saturated rings. The first kappa shape index (κ1) is 13.1. The Morgan fingerprint density at radius 3 is 2.71 bits per heavy atom. The van der Waals surface area contributed by atoms with Gasteiger partial charge in [-0.2, -0.15) is 0 Å². The number of aryl methyl sites for hydroxylation is 1. The Morgan fingerprint density at radius 2 is 2.05 bits per heavy atom. The van der Waals surface area contributed by atoms with E-state index < -0.39 is 0 Å². The number of rotatable bonds is 4. The molecule has 6 heteroatoms. The van der Waals surface area contributed by atoms with Gasteiger partial charge in [-0.1, -0.05) is 17.3 Å². The summed E-state index contributed by atoms with van der Waals surface area (Å²) in [6.07, 6.45) is 4.81. The van der Waals surface area contributed by atoms with Crippen molar-refractivity contribution >= 4 is 11.5 Å². The molecule has 0 unspecified atom stereocenters. The zero-order valence-corrected chi connectivity index (χ0v) is 11.5. The van der Waals surface area contributed by atoms with E-state index >= 15 is 0 Å². The van der Waals surface area contributed by atoms with Crippen LogP contribution in [0.5, 0.6) is 0 Å². The zero-order valence-electron chi connectivity index (χ0n) is 11.5. The Balaban J connectivity index is 1.84. The highest BCUT2D eigenvalue weighted by Crippen LogP contribution is 2.20. The van der Waals surface area contributed by atoms with Gasteiger partial charge < -0.3 is 14.4 Å². The largest absolute Gasteiger partial charge is 0.364 e. The predicted octanol–water partition coefficient (Wildman–Crippen LogP) is 2.66. The summed E-state index contributed by atoms with van der Waals surface area (Å²) in [5, 5.41) is 6.91. The van der Waals surface area contributed by atoms with Gasteiger partial charge in [-0.15, -0.1) is 0 Å². The maximum Gasteiger partial charge on any atom is 0.293 e. The highest BCUT2D eigenvalue weighted by atomic mass is 16.5. The Hall–Kier alpha value is -2.89. The quantitative estimate of drug-likeness (QED) is 0.796. The summed E-state index contributed by atoms with van der Waals surface area (Å²) in [5.74, 6) is 0.313. The monoisotopic (exact) mass is 282 g/mol. The third kappa shape index (κ3) is 2.69. The fourth-order valence-electron chi connectivity index (χ4n) is 2.00. The van der Waals surface area contributed by atoms with Crippen molar-refractivity contribution in [2.24, 2.45) is 0 Å². The van der Waals surface area contributed by atoms with Crippen LogP contribution >= 0.6 is 0 Å². The third-order valence-electron chi connectivity index (χ3n) is 3.14. The number of anilines is 2. The molecule has 1 aromatic carbocycles. The molecular weight excluding hydrogens is 268 g/mol. The van der Waals surface area contributed by atoms with E-state index in [0.29, 0.717) is 12.4 Å². The number of hydrogen-bond donors (Lipinski definition) is 1. The first-order valence-corrected chi connectivity index (χ1v) is 6.61. The molecule has 1 N–H and O–H groups in total. The van der Waals surface area contributed by atoms with Gasteiger partial charge in [0, 0.05) is 36.3 Å². The first-order valence-electron chi connectivity index (χ1n) is 6.61. The van der Waals surface area contributed by atoms with Gasteiger partial charge in [0.2, 0.25) is 0 Å². The molecule has 0 amide bonds. The Kier molecular flexibility index (Phi) is 3.51. The van der Waals surface area contributed by atoms with Gasteiger partial charge in [0.15, 0.2) is 5.82 Å². The minimum absolute atomic E-state index is 0.138. The summed E-state index contributed by atoms with van der Waals surface area (Å²) in [7, 11) is 0. The van der Waals surface area contributed by atoms with E-state index in [0.717, 1.165) is 16.9 Å². The fraction of sp³-hybridized carbons (Fsp3) is 0.133. The van der Waals surface area contributed by atoms with Crippen LogP contribution in [-0.4, -0.2) is 14.7 Å². The van der Waals surface area contributed by atoms with Crippen LogP contribution in [-0.2, 0) is 6.54 Å². The Morgan fingerprint density at radius 1 is 1.24 bits per heavy atom. The van der Waals surface area contributed by atoms with Crippen molar-refractivity contribution in [1.29, 1.82) is 0 Å². The van der Waals surface area contributed by atoms with Crippen LogP contribution in [0.2, 0.25) is 0 Å². The van der Waals surface area contributed by atoms with E-state index in [1.807, 2.05) is 31.2 Å². The molecule has 0 saturated carbocycles. The molecule has 2 aromatic heterocycles. The average molecular weight is 282 g/mol. The van der Waals surface area contributed by atoms with E-state index in [2.05, 4.69) is 15.5 Å². The summed E-state index contributed by atoms with van der Waals surface area (Å²) in [5.41, 5.74) is 2.37. The first-order chi connectivity index (χ1) is 10.3. The van der Waals surface area contributed by atoms with Gasteiger partial charge in [0.05, 0.1) is 0 Å². The van der Waals surface area contributed by atoms with Crippen molar-refractivity contribution < 1.29 is 4.52 Å². The third-order valence-corrected chi connectivity index (χ3v) is 3.14. The van der Waals surface area contributed by atoms with E-state index in [-0.39, 0.29) is 5.56 Å². The standard InChI is InChI=1S/C15H14N4O2/c1-2-19-9-8-16-14(15(19)20)17-12-5-3-11(4-6-12)13-7-10-21-18-13/h3-10H,2H2,1H3,(H,16,17). The number of nitrogens with zero attached hydrogens (tertiary/aromatic N) is 3. The van der Waals surface area contributed by atoms with Gasteiger partial charge in [0.25, 0.3) is 5.56 Å². The summed E-state index contributed by atoms with van der Waals surface area (Å²) in [4.78, 5) is 16.2. The molecule has 0 atom stereocenters. The molecule has 106 valence electrons. The van der Waals surface area contributed by atoms with Gasteiger partial charge in [-0.05, 0) is 19.1 Å². The molecule has 3 rings (SSSR count). The van der Waals surface area contributed by atoms with Crippen LogP contribution in [0.25, 0.3) is 11.3 Å². The highest BCUT2D eigenvalue weighted by molar-refractivity contribution is 5.64. The highest BCUT2D eigenvalue weighted by Gasteiger charge is 2.05. The van der Waals surface area contributed by atoms with Gasteiger partial charge in [0.1, 0.15) is 12.0 Å². The molecule has 0 aliphatic rings. The molecule has 2 heterocycles. The molecule has 6 nitrogen and oxygen atoms in total. The number of aromatic nitrogens is 3. The zero-order chi connectivity index (χ0) is 14.7. The number of nitrogens with one attached hydrogen (secondary N) is 1. The Labute approximate surface area is 121 Å². The van der Waals surface area contributed by atoms with Crippen molar-refractivity contribution in [1.82, 2.24) is 14.7 Å². The van der Waals surface area contributed by atoms with Crippen molar-refractivity contribution in [3.05, 3.63) is 59.3 Å². The van der Waals surface area contributed by atoms with Crippen molar-refractivity contribution in [2.75, 3.05) is 5.32 Å². The summed E-state index contributed by atoms with van der Waals surface area (Å²) < 4.78 is 6.41. The molecule has 21 heavy (non-hydrogen) atoms. The lowest BCUT2D eigenvalue weighted by Crippen LogP contribution is -2.22. The molecule has 0 aliphatic heterocycles. The number of benzene rings is 1. The minimum Gasteiger partial charge on any atom is -0.364 e. The fourth-order valence-corrected chi connectivity index (χ4v) is 2.00. The topological polar surface area (TPSA) is 73.0 Å². The molecular formula is C15H14N4O2. The minimum atomic E-state index is -0.138. The van der Waals surface area contributed by atoms with Crippen LogP contribution in [0.1, 0.15) is 6.92 Å². The second-order valence-electron chi connectivity index (χ2n) is 4.45. The Bertz CT molecular complexity index is 776. The molecule has 0 aliphatic carbocycles. The smallest absolute Gasteiger partial charge is 0.293 e. The summed E-state index contributed by atoms with van der Waals surface area (Å²) >= 11 is 0. The second kappa shape index (κ2) is 5.62. The average Bonchev–Trinajstić information content (AvgIpc) is 3.04. The maximum atomic E-state index is 12.1. The summed E-state index contributed by atoms with van der Waals surface area (Å²) in [6, 6.07) is 9.34. The van der Waals surface area contributed by atoms with Crippen molar-refractivity contribution in [2.45, 2.75) is 13.5 Å². The lowest BCUT2D eigenvalue weighted by atomic mass is 10.1. The molecule has 0 radical (unpaired) electrons. The molecule has 3 aromatic rings. The number of hydrogen-bond acceptors (Lipinski definition) is 5. The van der Waals surface area contributed by atoms with Crippen LogP contribution in [0.3, 0.4) is 0 Å². The van der Waals surface area contributed by atoms with Crippen molar-refractivity contribution in [3.8, 4) is 11.3 Å². The second-order valence-corrected chi connectivity index (χ2v) is 4.45. The van der Waals surface area contributed by atoms with Crippen molar-refractivity contribution in [3.63, 3.8) is 0 Å². The molecule has 0 spiro atoms. The van der Waals surface area contributed by atoms with E-state index in [1.54, 1.807) is 23.0 Å². The predicted molar refractivity (Wildman–Crippen MR) is 79.4 cm³/mol. The van der Waals surface area contributed by atoms with E-state index in [4.69, 9.17) is 4.52 Å². The maximum absolute atomic E-state index is 12.1. The lowest BCUT2D eigenvalue weighted by molar-refractivity contribution is 0.422. The van der Waals surface area contributed by atoms with Gasteiger partial charge >= 0.3 is 0 Å². The van der Waals surface area contributed by atoms with Gasteiger partial charge in [-0.3, -0.25) is 4.79 Å². The SMILES string of the molecule is CCn1ccnc(Nc2ccc(-c3ccon3)cc2)c1=O. The van der Waals surface area contributed by atoms with E-state index in [9.17, 15) is 4.79 Å². The van der Waals surface area contributed by atoms with Crippen LogP contribution in [0, 0.1) is 0 Å². The van der Waals surface area contributed by atoms with Gasteiger partial charge in [-0.25, -0.2) is 4.98 Å². The van der Waals surface area contributed by atoms with Crippen LogP contribution < -0.4 is 10.9 Å². The molecule has 0 saturated heterocycles. The van der Waals surface area contributed by atoms with E-state index in [1.165, 1.54) is 6.26 Å². The molecule has 0 bridgehead atoms. The lowest BCUT2D eigenvalue weighted by Gasteiger charge is -2.07. The van der Waals surface area contributed by atoms with Crippen LogP contribution in [0.4, 0.5) is 11.5 Å². The normalized spacial score (nSPS) is 10.5. The summed E-state index contributed by atoms with van der Waals surface area (Å²) in [6.45, 7) is 2.53. The van der Waals surface area contributed by atoms with Crippen LogP contribution in [0.15, 0.2) is 58.3 Å².